The maximum absolute atomic E-state index is 12.2. The number of likely N-dealkylation sites (N-methyl/N-ethyl adjacent to an activating group) is 1. The highest BCUT2D eigenvalue weighted by molar-refractivity contribution is 7.87. The van der Waals surface area contributed by atoms with Gasteiger partial charge in [-0.05, 0) is 25.8 Å². The van der Waals surface area contributed by atoms with Crippen LogP contribution in [0.1, 0.15) is 12.8 Å². The number of piperidine rings is 1. The molecule has 2 heterocycles. The van der Waals surface area contributed by atoms with E-state index < -0.39 is 10.2 Å². The molecular formula is C12H25N3O4S. The lowest BCUT2D eigenvalue weighted by Crippen LogP contribution is -2.50. The number of hydrogen-bond donors (Lipinski definition) is 2. The smallest absolute Gasteiger partial charge is 0.279 e. The topological polar surface area (TPSA) is 82.1 Å². The minimum atomic E-state index is -3.43. The van der Waals surface area contributed by atoms with Crippen LogP contribution in [-0.4, -0.2) is 81.8 Å². The summed E-state index contributed by atoms with van der Waals surface area (Å²) < 4.78 is 34.0. The molecule has 2 N–H and O–H groups in total. The zero-order valence-electron chi connectivity index (χ0n) is 12.0. The molecule has 0 saturated carbocycles. The van der Waals surface area contributed by atoms with Gasteiger partial charge in [0, 0.05) is 39.3 Å². The van der Waals surface area contributed by atoms with Crippen molar-refractivity contribution in [3.63, 3.8) is 0 Å². The van der Waals surface area contributed by atoms with Gasteiger partial charge in [-0.1, -0.05) is 0 Å². The molecule has 0 spiro atoms. The zero-order chi connectivity index (χ0) is 14.6. The van der Waals surface area contributed by atoms with Gasteiger partial charge < -0.3 is 14.7 Å². The van der Waals surface area contributed by atoms with Gasteiger partial charge in [0.1, 0.15) is 0 Å². The first-order valence-corrected chi connectivity index (χ1v) is 8.61. The van der Waals surface area contributed by atoms with Crippen LogP contribution in [0.5, 0.6) is 0 Å². The van der Waals surface area contributed by atoms with Crippen LogP contribution < -0.4 is 4.72 Å². The summed E-state index contributed by atoms with van der Waals surface area (Å²) >= 11 is 0. The Morgan fingerprint density at radius 3 is 2.60 bits per heavy atom. The van der Waals surface area contributed by atoms with Crippen molar-refractivity contribution in [2.45, 2.75) is 18.9 Å². The van der Waals surface area contributed by atoms with E-state index in [1.807, 2.05) is 7.05 Å². The minimum Gasteiger partial charge on any atom is -0.396 e. The van der Waals surface area contributed by atoms with Crippen molar-refractivity contribution in [2.24, 2.45) is 5.92 Å². The highest BCUT2D eigenvalue weighted by Crippen LogP contribution is 2.18. The Labute approximate surface area is 121 Å². The van der Waals surface area contributed by atoms with Gasteiger partial charge in [-0.15, -0.1) is 0 Å². The van der Waals surface area contributed by atoms with Gasteiger partial charge in [-0.3, -0.25) is 0 Å². The van der Waals surface area contributed by atoms with Crippen molar-refractivity contribution in [3.8, 4) is 0 Å². The highest BCUT2D eigenvalue weighted by Gasteiger charge is 2.28. The molecule has 0 aromatic carbocycles. The third kappa shape index (κ3) is 4.37. The SMILES string of the molecule is CN1CCOC(CNS(=O)(=O)N2CCC(CO)CC2)C1. The Bertz CT molecular complexity index is 396. The standard InChI is InChI=1S/C12H25N3O4S/c1-14-6-7-19-12(9-14)8-13-20(17,18)15-4-2-11(10-16)3-5-15/h11-13,16H,2-10H2,1H3. The first kappa shape index (κ1) is 16.1. The molecule has 20 heavy (non-hydrogen) atoms. The van der Waals surface area contributed by atoms with Gasteiger partial charge in [0.2, 0.25) is 0 Å². The molecule has 2 fully saturated rings. The first-order valence-electron chi connectivity index (χ1n) is 7.17. The fourth-order valence-electron chi connectivity index (χ4n) is 2.61. The van der Waals surface area contributed by atoms with Crippen LogP contribution in [0.15, 0.2) is 0 Å². The molecule has 0 bridgehead atoms. The Balaban J connectivity index is 1.79. The summed E-state index contributed by atoms with van der Waals surface area (Å²) in [6, 6.07) is 0. The maximum Gasteiger partial charge on any atom is 0.279 e. The van der Waals surface area contributed by atoms with Crippen molar-refractivity contribution in [2.75, 3.05) is 53.0 Å². The summed E-state index contributed by atoms with van der Waals surface area (Å²) in [7, 11) is -1.43. The molecule has 2 aliphatic heterocycles. The van der Waals surface area contributed by atoms with Crippen LogP contribution >= 0.6 is 0 Å². The number of aliphatic hydroxyl groups excluding tert-OH is 1. The number of nitrogens with zero attached hydrogens (tertiary/aromatic N) is 2. The number of ether oxygens (including phenoxy) is 1. The molecule has 0 radical (unpaired) electrons. The van der Waals surface area contributed by atoms with Crippen molar-refractivity contribution in [1.29, 1.82) is 0 Å². The van der Waals surface area contributed by atoms with E-state index in [0.29, 0.717) is 26.2 Å². The Morgan fingerprint density at radius 2 is 2.00 bits per heavy atom. The number of morpholine rings is 1. The van der Waals surface area contributed by atoms with Gasteiger partial charge in [0.05, 0.1) is 12.7 Å². The lowest BCUT2D eigenvalue weighted by atomic mass is 10.00. The second-order valence-corrected chi connectivity index (χ2v) is 7.39. The molecule has 118 valence electrons. The van der Waals surface area contributed by atoms with Gasteiger partial charge in [0.25, 0.3) is 10.2 Å². The van der Waals surface area contributed by atoms with Crippen molar-refractivity contribution < 1.29 is 18.3 Å². The van der Waals surface area contributed by atoms with E-state index in [2.05, 4.69) is 9.62 Å². The van der Waals surface area contributed by atoms with Crippen LogP contribution in [0, 0.1) is 5.92 Å². The number of hydrogen-bond acceptors (Lipinski definition) is 5. The average molecular weight is 307 g/mol. The van der Waals surface area contributed by atoms with Gasteiger partial charge in [-0.2, -0.15) is 17.4 Å². The van der Waals surface area contributed by atoms with E-state index >= 15 is 0 Å². The van der Waals surface area contributed by atoms with E-state index in [4.69, 9.17) is 9.84 Å². The number of rotatable bonds is 5. The van der Waals surface area contributed by atoms with Crippen molar-refractivity contribution >= 4 is 10.2 Å². The molecule has 2 rings (SSSR count). The number of nitrogens with one attached hydrogen (secondary N) is 1. The maximum atomic E-state index is 12.2. The van der Waals surface area contributed by atoms with Crippen LogP contribution in [0.3, 0.4) is 0 Å². The van der Waals surface area contributed by atoms with Crippen LogP contribution in [0.2, 0.25) is 0 Å². The lowest BCUT2D eigenvalue weighted by molar-refractivity contribution is -0.0158. The van der Waals surface area contributed by atoms with E-state index in [9.17, 15) is 8.42 Å². The van der Waals surface area contributed by atoms with E-state index in [-0.39, 0.29) is 18.6 Å². The molecule has 0 amide bonds. The molecule has 1 unspecified atom stereocenters. The summed E-state index contributed by atoms with van der Waals surface area (Å²) in [5.74, 6) is 0.233. The summed E-state index contributed by atoms with van der Waals surface area (Å²) in [5, 5.41) is 9.07. The molecule has 2 aliphatic rings. The molecule has 1 atom stereocenters. The van der Waals surface area contributed by atoms with Gasteiger partial charge in [-0.25, -0.2) is 0 Å². The number of aliphatic hydroxyl groups is 1. The predicted octanol–water partition coefficient (Wildman–Crippen LogP) is -1.14. The molecule has 0 aromatic heterocycles. The fraction of sp³-hybridized carbons (Fsp3) is 1.00. The summed E-state index contributed by atoms with van der Waals surface area (Å²) in [5.41, 5.74) is 0. The highest BCUT2D eigenvalue weighted by atomic mass is 32.2. The third-order valence-corrected chi connectivity index (χ3v) is 5.58. The molecule has 2 saturated heterocycles. The monoisotopic (exact) mass is 307 g/mol. The average Bonchev–Trinajstić information content (AvgIpc) is 2.45. The minimum absolute atomic E-state index is 0.0847. The molecule has 0 aromatic rings. The Morgan fingerprint density at radius 1 is 1.30 bits per heavy atom. The van der Waals surface area contributed by atoms with E-state index in [1.54, 1.807) is 0 Å². The second-order valence-electron chi connectivity index (χ2n) is 5.63. The van der Waals surface area contributed by atoms with Crippen molar-refractivity contribution in [3.05, 3.63) is 0 Å². The molecule has 7 nitrogen and oxygen atoms in total. The third-order valence-electron chi connectivity index (χ3n) is 4.01. The predicted molar refractivity (Wildman–Crippen MR) is 75.5 cm³/mol. The zero-order valence-corrected chi connectivity index (χ0v) is 12.8. The van der Waals surface area contributed by atoms with Gasteiger partial charge >= 0.3 is 0 Å². The van der Waals surface area contributed by atoms with E-state index in [0.717, 1.165) is 25.9 Å². The Kier molecular flexibility index (Phi) is 5.76. The van der Waals surface area contributed by atoms with Crippen LogP contribution in [-0.2, 0) is 14.9 Å². The largest absolute Gasteiger partial charge is 0.396 e. The molecule has 8 heteroatoms. The lowest BCUT2D eigenvalue weighted by Gasteiger charge is -2.32. The van der Waals surface area contributed by atoms with Gasteiger partial charge in [0.15, 0.2) is 0 Å². The molecule has 0 aliphatic carbocycles. The summed E-state index contributed by atoms with van der Waals surface area (Å²) in [6.07, 6.45) is 1.36. The summed E-state index contributed by atoms with van der Waals surface area (Å²) in [4.78, 5) is 2.13. The van der Waals surface area contributed by atoms with Crippen molar-refractivity contribution in [1.82, 2.24) is 13.9 Å². The Hall–Kier alpha value is -0.250. The normalized spacial score (nSPS) is 27.8. The quantitative estimate of drug-likeness (QED) is 0.671. The second kappa shape index (κ2) is 7.15. The van der Waals surface area contributed by atoms with Crippen LogP contribution in [0.4, 0.5) is 0 Å². The first-order chi connectivity index (χ1) is 9.51. The summed E-state index contributed by atoms with van der Waals surface area (Å²) in [6.45, 7) is 3.69. The molecular weight excluding hydrogens is 282 g/mol. The van der Waals surface area contributed by atoms with E-state index in [1.165, 1.54) is 4.31 Å². The van der Waals surface area contributed by atoms with Crippen LogP contribution in [0.25, 0.3) is 0 Å². The fourth-order valence-corrected chi connectivity index (χ4v) is 3.88.